The smallest absolute Gasteiger partial charge is 0.251 e. The van der Waals surface area contributed by atoms with Crippen molar-refractivity contribution >= 4 is 5.91 Å². The van der Waals surface area contributed by atoms with Crippen molar-refractivity contribution in [2.75, 3.05) is 0 Å². The third-order valence-electron chi connectivity index (χ3n) is 3.37. The highest BCUT2D eigenvalue weighted by atomic mass is 16.1. The minimum Gasteiger partial charge on any atom is -0.349 e. The van der Waals surface area contributed by atoms with Gasteiger partial charge in [-0.05, 0) is 36.1 Å². The van der Waals surface area contributed by atoms with Crippen molar-refractivity contribution in [2.45, 2.75) is 19.4 Å². The van der Waals surface area contributed by atoms with E-state index in [-0.39, 0.29) is 11.9 Å². The van der Waals surface area contributed by atoms with Gasteiger partial charge in [-0.2, -0.15) is 0 Å². The van der Waals surface area contributed by atoms with Crippen LogP contribution in [0.3, 0.4) is 0 Å². The third kappa shape index (κ3) is 1.90. The van der Waals surface area contributed by atoms with Gasteiger partial charge in [-0.3, -0.25) is 4.79 Å². The quantitative estimate of drug-likeness (QED) is 0.811. The van der Waals surface area contributed by atoms with Gasteiger partial charge in [0, 0.05) is 11.6 Å². The fourth-order valence-electron chi connectivity index (χ4n) is 2.46. The van der Waals surface area contributed by atoms with Crippen molar-refractivity contribution < 1.29 is 4.79 Å². The van der Waals surface area contributed by atoms with Crippen LogP contribution in [0.4, 0.5) is 0 Å². The van der Waals surface area contributed by atoms with E-state index >= 15 is 0 Å². The fraction of sp³-hybridized carbons (Fsp3) is 0.188. The zero-order chi connectivity index (χ0) is 12.5. The molecule has 2 heteroatoms. The van der Waals surface area contributed by atoms with Crippen LogP contribution in [0, 0.1) is 0 Å². The number of rotatable bonds is 1. The Labute approximate surface area is 107 Å². The molecule has 0 fully saturated rings. The molecule has 0 spiro atoms. The molecule has 1 N–H and O–H groups in total. The van der Waals surface area contributed by atoms with Crippen LogP contribution in [0.2, 0.25) is 0 Å². The molecule has 90 valence electrons. The predicted octanol–water partition coefficient (Wildman–Crippen LogP) is 3.03. The molecule has 1 aliphatic heterocycles. The average molecular weight is 237 g/mol. The Kier molecular flexibility index (Phi) is 2.63. The molecule has 1 atom stereocenters. The first kappa shape index (κ1) is 11.0. The number of amides is 1. The summed E-state index contributed by atoms with van der Waals surface area (Å²) in [5, 5.41) is 2.98. The maximum absolute atomic E-state index is 12.0. The van der Waals surface area contributed by atoms with Gasteiger partial charge in [0.25, 0.3) is 5.91 Å². The molecular formula is C16H15NO. The van der Waals surface area contributed by atoms with Crippen molar-refractivity contribution in [3.05, 3.63) is 59.7 Å². The Morgan fingerprint density at radius 3 is 2.61 bits per heavy atom. The summed E-state index contributed by atoms with van der Waals surface area (Å²) in [7, 11) is 0. The van der Waals surface area contributed by atoms with Crippen LogP contribution < -0.4 is 5.32 Å². The second-order valence-corrected chi connectivity index (χ2v) is 4.82. The minimum absolute atomic E-state index is 0.0431. The predicted molar refractivity (Wildman–Crippen MR) is 72.5 cm³/mol. The van der Waals surface area contributed by atoms with Crippen molar-refractivity contribution in [1.82, 2.24) is 5.32 Å². The Morgan fingerprint density at radius 1 is 1.06 bits per heavy atom. The van der Waals surface area contributed by atoms with Crippen LogP contribution in [0.1, 0.15) is 22.8 Å². The van der Waals surface area contributed by atoms with E-state index in [1.807, 2.05) is 31.2 Å². The lowest BCUT2D eigenvalue weighted by Gasteiger charge is -2.23. The molecule has 2 aromatic rings. The average Bonchev–Trinajstić information content (AvgIpc) is 2.39. The van der Waals surface area contributed by atoms with Crippen molar-refractivity contribution in [3.63, 3.8) is 0 Å². The third-order valence-corrected chi connectivity index (χ3v) is 3.37. The molecule has 2 nitrogen and oxygen atoms in total. The molecule has 2 aromatic carbocycles. The highest BCUT2D eigenvalue weighted by Crippen LogP contribution is 2.25. The van der Waals surface area contributed by atoms with Gasteiger partial charge < -0.3 is 5.32 Å². The first-order valence-corrected chi connectivity index (χ1v) is 6.23. The molecule has 0 radical (unpaired) electrons. The number of nitrogens with one attached hydrogen (secondary N) is 1. The van der Waals surface area contributed by atoms with E-state index in [1.54, 1.807) is 0 Å². The zero-order valence-corrected chi connectivity index (χ0v) is 10.3. The van der Waals surface area contributed by atoms with Crippen LogP contribution in [-0.4, -0.2) is 11.9 Å². The molecule has 0 saturated carbocycles. The van der Waals surface area contributed by atoms with Crippen molar-refractivity contribution in [2.24, 2.45) is 0 Å². The van der Waals surface area contributed by atoms with Gasteiger partial charge in [0.2, 0.25) is 0 Å². The highest BCUT2D eigenvalue weighted by Gasteiger charge is 2.21. The summed E-state index contributed by atoms with van der Waals surface area (Å²) in [5.41, 5.74) is 4.20. The number of hydrogen-bond acceptors (Lipinski definition) is 1. The second kappa shape index (κ2) is 4.30. The van der Waals surface area contributed by atoms with Crippen LogP contribution in [-0.2, 0) is 6.42 Å². The normalized spacial score (nSPS) is 18.1. The highest BCUT2D eigenvalue weighted by molar-refractivity contribution is 5.98. The van der Waals surface area contributed by atoms with E-state index in [0.29, 0.717) is 0 Å². The lowest BCUT2D eigenvalue weighted by atomic mass is 9.92. The van der Waals surface area contributed by atoms with Crippen LogP contribution >= 0.6 is 0 Å². The van der Waals surface area contributed by atoms with Crippen molar-refractivity contribution in [1.29, 1.82) is 0 Å². The maximum Gasteiger partial charge on any atom is 0.251 e. The van der Waals surface area contributed by atoms with E-state index in [4.69, 9.17) is 0 Å². The summed E-state index contributed by atoms with van der Waals surface area (Å²) in [6.07, 6.45) is 0.913. The topological polar surface area (TPSA) is 29.1 Å². The molecular weight excluding hydrogens is 222 g/mol. The summed E-state index contributed by atoms with van der Waals surface area (Å²) >= 11 is 0. The van der Waals surface area contributed by atoms with Gasteiger partial charge >= 0.3 is 0 Å². The fourth-order valence-corrected chi connectivity index (χ4v) is 2.46. The lowest BCUT2D eigenvalue weighted by molar-refractivity contribution is 0.0929. The minimum atomic E-state index is 0.0431. The molecule has 1 unspecified atom stereocenters. The Morgan fingerprint density at radius 2 is 1.83 bits per heavy atom. The SMILES string of the molecule is CC1Cc2ccc(-c3ccccc3)cc2C(=O)N1. The summed E-state index contributed by atoms with van der Waals surface area (Å²) < 4.78 is 0. The largest absolute Gasteiger partial charge is 0.349 e. The molecule has 1 heterocycles. The van der Waals surface area contributed by atoms with E-state index in [9.17, 15) is 4.79 Å². The molecule has 0 aromatic heterocycles. The van der Waals surface area contributed by atoms with E-state index in [2.05, 4.69) is 29.6 Å². The molecule has 18 heavy (non-hydrogen) atoms. The standard InChI is InChI=1S/C16H15NO/c1-11-9-14-8-7-13(10-15(14)16(18)17-11)12-5-3-2-4-6-12/h2-8,10-11H,9H2,1H3,(H,17,18). The van der Waals surface area contributed by atoms with Gasteiger partial charge in [0.1, 0.15) is 0 Å². The summed E-state index contributed by atoms with van der Waals surface area (Å²) in [4.78, 5) is 12.0. The number of carbonyl (C=O) groups excluding carboxylic acids is 1. The second-order valence-electron chi connectivity index (χ2n) is 4.82. The van der Waals surface area contributed by atoms with Crippen LogP contribution in [0.15, 0.2) is 48.5 Å². The number of hydrogen-bond donors (Lipinski definition) is 1. The van der Waals surface area contributed by atoms with E-state index in [0.717, 1.165) is 28.7 Å². The number of fused-ring (bicyclic) bond motifs is 1. The van der Waals surface area contributed by atoms with Gasteiger partial charge in [0.05, 0.1) is 0 Å². The molecule has 0 saturated heterocycles. The van der Waals surface area contributed by atoms with Gasteiger partial charge in [0.15, 0.2) is 0 Å². The summed E-state index contributed by atoms with van der Waals surface area (Å²) in [6.45, 7) is 2.03. The molecule has 1 amide bonds. The number of benzene rings is 2. The molecule has 1 aliphatic rings. The van der Waals surface area contributed by atoms with Crippen LogP contribution in [0.5, 0.6) is 0 Å². The zero-order valence-electron chi connectivity index (χ0n) is 10.3. The molecule has 0 aliphatic carbocycles. The maximum atomic E-state index is 12.0. The number of carbonyl (C=O) groups is 1. The van der Waals surface area contributed by atoms with Crippen molar-refractivity contribution in [3.8, 4) is 11.1 Å². The Hall–Kier alpha value is -2.09. The van der Waals surface area contributed by atoms with Crippen LogP contribution in [0.25, 0.3) is 11.1 Å². The lowest BCUT2D eigenvalue weighted by Crippen LogP contribution is -2.39. The van der Waals surface area contributed by atoms with E-state index < -0.39 is 0 Å². The Balaban J connectivity index is 2.06. The van der Waals surface area contributed by atoms with Gasteiger partial charge in [-0.15, -0.1) is 0 Å². The first-order chi connectivity index (χ1) is 8.74. The summed E-state index contributed by atoms with van der Waals surface area (Å²) in [5.74, 6) is 0.0431. The van der Waals surface area contributed by atoms with E-state index in [1.165, 1.54) is 0 Å². The first-order valence-electron chi connectivity index (χ1n) is 6.23. The summed E-state index contributed by atoms with van der Waals surface area (Å²) in [6, 6.07) is 16.5. The van der Waals surface area contributed by atoms with Gasteiger partial charge in [-0.25, -0.2) is 0 Å². The molecule has 3 rings (SSSR count). The Bertz CT molecular complexity index is 589. The van der Waals surface area contributed by atoms with Gasteiger partial charge in [-0.1, -0.05) is 42.5 Å². The monoisotopic (exact) mass is 237 g/mol. The molecule has 0 bridgehead atoms.